The molecule has 0 radical (unpaired) electrons. The van der Waals surface area contributed by atoms with Gasteiger partial charge in [-0.05, 0) is 49.9 Å². The SMILES string of the molecule is CC1CCC(CO)CN1S(=O)(=O)N1CCC(C(C)(C)C)CC1. The standard InChI is InChI=1S/C16H32N2O3S/c1-13-5-6-14(12-19)11-18(13)22(20,21)17-9-7-15(8-10-17)16(2,3)4/h13-15,19H,5-12H2,1-4H3. The van der Waals surface area contributed by atoms with Gasteiger partial charge in [0.25, 0.3) is 10.2 Å². The monoisotopic (exact) mass is 332 g/mol. The van der Waals surface area contributed by atoms with Gasteiger partial charge in [-0.1, -0.05) is 20.8 Å². The minimum Gasteiger partial charge on any atom is -0.396 e. The lowest BCUT2D eigenvalue weighted by atomic mass is 9.76. The van der Waals surface area contributed by atoms with E-state index in [2.05, 4.69) is 20.8 Å². The van der Waals surface area contributed by atoms with Crippen LogP contribution in [-0.4, -0.2) is 54.4 Å². The van der Waals surface area contributed by atoms with Crippen molar-refractivity contribution < 1.29 is 13.5 Å². The topological polar surface area (TPSA) is 60.9 Å². The molecule has 130 valence electrons. The highest BCUT2D eigenvalue weighted by Gasteiger charge is 2.40. The van der Waals surface area contributed by atoms with E-state index in [9.17, 15) is 13.5 Å². The molecule has 0 amide bonds. The third kappa shape index (κ3) is 3.83. The second-order valence-corrected chi connectivity index (χ2v) is 9.97. The van der Waals surface area contributed by atoms with Gasteiger partial charge < -0.3 is 5.11 Å². The van der Waals surface area contributed by atoms with Crippen LogP contribution in [0.1, 0.15) is 53.4 Å². The Morgan fingerprint density at radius 3 is 2.18 bits per heavy atom. The van der Waals surface area contributed by atoms with E-state index in [1.54, 1.807) is 8.61 Å². The van der Waals surface area contributed by atoms with Gasteiger partial charge >= 0.3 is 0 Å². The average molecular weight is 333 g/mol. The number of rotatable bonds is 3. The zero-order chi connectivity index (χ0) is 16.5. The third-order valence-corrected chi connectivity index (χ3v) is 7.60. The van der Waals surface area contributed by atoms with E-state index in [0.29, 0.717) is 25.6 Å². The van der Waals surface area contributed by atoms with Crippen molar-refractivity contribution in [1.29, 1.82) is 0 Å². The van der Waals surface area contributed by atoms with Crippen molar-refractivity contribution in [2.24, 2.45) is 17.3 Å². The Labute approximate surface area is 135 Å². The molecule has 2 rings (SSSR count). The van der Waals surface area contributed by atoms with Crippen LogP contribution < -0.4 is 0 Å². The normalized spacial score (nSPS) is 30.6. The van der Waals surface area contributed by atoms with Gasteiger partial charge in [-0.25, -0.2) is 0 Å². The van der Waals surface area contributed by atoms with Crippen molar-refractivity contribution in [2.75, 3.05) is 26.2 Å². The molecule has 2 saturated heterocycles. The molecule has 5 nitrogen and oxygen atoms in total. The van der Waals surface area contributed by atoms with Crippen molar-refractivity contribution in [3.05, 3.63) is 0 Å². The molecule has 2 unspecified atom stereocenters. The largest absolute Gasteiger partial charge is 0.396 e. The summed E-state index contributed by atoms with van der Waals surface area (Å²) in [4.78, 5) is 0. The Morgan fingerprint density at radius 1 is 1.09 bits per heavy atom. The lowest BCUT2D eigenvalue weighted by Gasteiger charge is -2.43. The first-order chi connectivity index (χ1) is 10.2. The summed E-state index contributed by atoms with van der Waals surface area (Å²) >= 11 is 0. The summed E-state index contributed by atoms with van der Waals surface area (Å²) in [5, 5.41) is 9.36. The first-order valence-electron chi connectivity index (χ1n) is 8.54. The molecule has 0 saturated carbocycles. The number of aliphatic hydroxyl groups excluding tert-OH is 1. The van der Waals surface area contributed by atoms with E-state index >= 15 is 0 Å². The average Bonchev–Trinajstić information content (AvgIpc) is 2.47. The smallest absolute Gasteiger partial charge is 0.282 e. The van der Waals surface area contributed by atoms with Gasteiger partial charge in [0.1, 0.15) is 0 Å². The van der Waals surface area contributed by atoms with Gasteiger partial charge in [-0.3, -0.25) is 0 Å². The molecule has 2 fully saturated rings. The summed E-state index contributed by atoms with van der Waals surface area (Å²) in [6.07, 6.45) is 3.63. The lowest BCUT2D eigenvalue weighted by Crippen LogP contribution is -2.54. The molecule has 2 heterocycles. The predicted octanol–water partition coefficient (Wildman–Crippen LogP) is 2.08. The Balaban J connectivity index is 2.05. The molecule has 6 heteroatoms. The molecule has 2 aliphatic heterocycles. The summed E-state index contributed by atoms with van der Waals surface area (Å²) in [7, 11) is -3.39. The minimum absolute atomic E-state index is 0.0353. The van der Waals surface area contributed by atoms with Crippen LogP contribution >= 0.6 is 0 Å². The molecule has 0 aromatic heterocycles. The van der Waals surface area contributed by atoms with E-state index in [4.69, 9.17) is 0 Å². The van der Waals surface area contributed by atoms with Crippen molar-refractivity contribution in [3.63, 3.8) is 0 Å². The summed E-state index contributed by atoms with van der Waals surface area (Å²) in [6, 6.07) is 0.0353. The molecule has 0 aliphatic carbocycles. The number of piperidine rings is 2. The van der Waals surface area contributed by atoms with E-state index in [0.717, 1.165) is 25.7 Å². The molecule has 0 aromatic rings. The lowest BCUT2D eigenvalue weighted by molar-refractivity contribution is 0.121. The quantitative estimate of drug-likeness (QED) is 0.861. The van der Waals surface area contributed by atoms with Gasteiger partial charge in [0.15, 0.2) is 0 Å². The third-order valence-electron chi connectivity index (χ3n) is 5.48. The molecular formula is C16H32N2O3S. The highest BCUT2D eigenvalue weighted by atomic mass is 32.2. The fraction of sp³-hybridized carbons (Fsp3) is 1.00. The van der Waals surface area contributed by atoms with E-state index in [1.807, 2.05) is 6.92 Å². The van der Waals surface area contributed by atoms with E-state index in [-0.39, 0.29) is 24.0 Å². The molecule has 2 aliphatic rings. The zero-order valence-electron chi connectivity index (χ0n) is 14.5. The predicted molar refractivity (Wildman–Crippen MR) is 88.6 cm³/mol. The van der Waals surface area contributed by atoms with Crippen LogP contribution in [0, 0.1) is 17.3 Å². The minimum atomic E-state index is -3.39. The molecule has 22 heavy (non-hydrogen) atoms. The van der Waals surface area contributed by atoms with Crippen LogP contribution in [0.25, 0.3) is 0 Å². The van der Waals surface area contributed by atoms with Crippen LogP contribution in [0.5, 0.6) is 0 Å². The van der Waals surface area contributed by atoms with Crippen LogP contribution in [-0.2, 0) is 10.2 Å². The van der Waals surface area contributed by atoms with E-state index < -0.39 is 10.2 Å². The second-order valence-electron chi connectivity index (χ2n) is 8.09. The maximum Gasteiger partial charge on any atom is 0.282 e. The maximum atomic E-state index is 12.9. The summed E-state index contributed by atoms with van der Waals surface area (Å²) in [6.45, 7) is 10.5. The van der Waals surface area contributed by atoms with Crippen molar-refractivity contribution in [3.8, 4) is 0 Å². The van der Waals surface area contributed by atoms with Crippen molar-refractivity contribution in [2.45, 2.75) is 59.4 Å². The number of aliphatic hydroxyl groups is 1. The van der Waals surface area contributed by atoms with Gasteiger partial charge in [0.05, 0.1) is 0 Å². The highest BCUT2D eigenvalue weighted by molar-refractivity contribution is 7.86. The summed E-state index contributed by atoms with van der Waals surface area (Å²) in [5.41, 5.74) is 0.246. The molecule has 0 aromatic carbocycles. The Bertz CT molecular complexity index is 464. The van der Waals surface area contributed by atoms with Crippen LogP contribution in [0.2, 0.25) is 0 Å². The fourth-order valence-corrected chi connectivity index (χ4v) is 5.65. The maximum absolute atomic E-state index is 12.9. The Hall–Kier alpha value is -0.170. The number of hydrogen-bond acceptors (Lipinski definition) is 3. The highest BCUT2D eigenvalue weighted by Crippen LogP contribution is 2.36. The summed E-state index contributed by atoms with van der Waals surface area (Å²) < 4.78 is 29.2. The van der Waals surface area contributed by atoms with Crippen LogP contribution in [0.3, 0.4) is 0 Å². The van der Waals surface area contributed by atoms with Gasteiger partial charge in [0.2, 0.25) is 0 Å². The van der Waals surface area contributed by atoms with Crippen molar-refractivity contribution in [1.82, 2.24) is 8.61 Å². The summed E-state index contributed by atoms with van der Waals surface area (Å²) in [5.74, 6) is 0.668. The van der Waals surface area contributed by atoms with Gasteiger partial charge in [-0.15, -0.1) is 0 Å². The van der Waals surface area contributed by atoms with E-state index in [1.165, 1.54) is 0 Å². The van der Waals surface area contributed by atoms with Crippen LogP contribution in [0.15, 0.2) is 0 Å². The molecule has 1 N–H and O–H groups in total. The Morgan fingerprint density at radius 2 is 1.68 bits per heavy atom. The van der Waals surface area contributed by atoms with Crippen LogP contribution in [0.4, 0.5) is 0 Å². The molecular weight excluding hydrogens is 300 g/mol. The fourth-order valence-electron chi connectivity index (χ4n) is 3.72. The number of hydrogen-bond donors (Lipinski definition) is 1. The van der Waals surface area contributed by atoms with Crippen molar-refractivity contribution >= 4 is 10.2 Å². The molecule has 0 spiro atoms. The second kappa shape index (κ2) is 6.75. The zero-order valence-corrected chi connectivity index (χ0v) is 15.3. The Kier molecular flexibility index (Phi) is 5.58. The first-order valence-corrected chi connectivity index (χ1v) is 9.93. The molecule has 2 atom stereocenters. The number of nitrogens with zero attached hydrogens (tertiary/aromatic N) is 2. The first kappa shape index (κ1) is 18.2. The van der Waals surface area contributed by atoms with Gasteiger partial charge in [-0.2, -0.15) is 17.0 Å². The van der Waals surface area contributed by atoms with Gasteiger partial charge in [0, 0.05) is 32.3 Å². The molecule has 0 bridgehead atoms.